The molecule has 0 radical (unpaired) electrons. The number of Topliss-reactive ketones (excluding diaryl/α,β-unsaturated/α-hetero) is 1. The van der Waals surface area contributed by atoms with E-state index < -0.39 is 11.8 Å². The van der Waals surface area contributed by atoms with E-state index in [4.69, 9.17) is 10.1 Å². The predicted octanol–water partition coefficient (Wildman–Crippen LogP) is 2.87. The lowest BCUT2D eigenvalue weighted by molar-refractivity contribution is -0.123. The third kappa shape index (κ3) is 5.24. The van der Waals surface area contributed by atoms with E-state index in [1.807, 2.05) is 0 Å². The number of amides is 1. The molecule has 2 N–H and O–H groups in total. The highest BCUT2D eigenvalue weighted by molar-refractivity contribution is 6.46. The molecule has 0 heterocycles. The van der Waals surface area contributed by atoms with Crippen LogP contribution in [0.25, 0.3) is 0 Å². The molecule has 0 aliphatic heterocycles. The van der Waals surface area contributed by atoms with Gasteiger partial charge in [-0.1, -0.05) is 12.1 Å². The van der Waals surface area contributed by atoms with Crippen LogP contribution in [0.2, 0.25) is 0 Å². The molecule has 0 fully saturated rings. The molecule has 1 amide bonds. The molecule has 1 atom stereocenters. The van der Waals surface area contributed by atoms with E-state index in [9.17, 15) is 14.0 Å². The van der Waals surface area contributed by atoms with Crippen LogP contribution in [0.5, 0.6) is 5.75 Å². The number of carbonyl (C=O) groups is 2. The Morgan fingerprint density at radius 2 is 1.88 bits per heavy atom. The molecule has 5 nitrogen and oxygen atoms in total. The Labute approximate surface area is 145 Å². The van der Waals surface area contributed by atoms with E-state index in [1.165, 1.54) is 26.0 Å². The second-order valence-corrected chi connectivity index (χ2v) is 5.60. The monoisotopic (exact) mass is 342 g/mol. The Morgan fingerprint density at radius 3 is 2.48 bits per heavy atom. The second kappa shape index (κ2) is 8.19. The summed E-state index contributed by atoms with van der Waals surface area (Å²) in [5.74, 6) is -0.571. The number of hydrogen-bond donors (Lipinski definition) is 2. The minimum Gasteiger partial charge on any atom is -0.489 e. The lowest BCUT2D eigenvalue weighted by atomic mass is 10.0. The van der Waals surface area contributed by atoms with Crippen molar-refractivity contribution in [2.75, 3.05) is 0 Å². The van der Waals surface area contributed by atoms with Gasteiger partial charge in [0.2, 0.25) is 11.7 Å². The fourth-order valence-corrected chi connectivity index (χ4v) is 2.24. The topological polar surface area (TPSA) is 79.3 Å². The third-order valence-electron chi connectivity index (χ3n) is 3.50. The Kier molecular flexibility index (Phi) is 6.00. The lowest BCUT2D eigenvalue weighted by Gasteiger charge is -2.12. The maximum Gasteiger partial charge on any atom is 0.217 e. The maximum absolute atomic E-state index is 13.1. The van der Waals surface area contributed by atoms with Crippen molar-refractivity contribution in [1.82, 2.24) is 5.32 Å². The Morgan fingerprint density at radius 1 is 1.20 bits per heavy atom. The summed E-state index contributed by atoms with van der Waals surface area (Å²) >= 11 is 0. The van der Waals surface area contributed by atoms with Gasteiger partial charge in [-0.05, 0) is 48.9 Å². The van der Waals surface area contributed by atoms with Crippen molar-refractivity contribution in [2.45, 2.75) is 26.5 Å². The largest absolute Gasteiger partial charge is 0.489 e. The van der Waals surface area contributed by atoms with Crippen molar-refractivity contribution in [3.8, 4) is 5.75 Å². The number of carbonyl (C=O) groups excluding carboxylic acids is 2. The van der Waals surface area contributed by atoms with E-state index in [0.717, 1.165) is 0 Å². The van der Waals surface area contributed by atoms with Crippen molar-refractivity contribution in [3.05, 3.63) is 65.5 Å². The van der Waals surface area contributed by atoms with Gasteiger partial charge >= 0.3 is 0 Å². The lowest BCUT2D eigenvalue weighted by Crippen LogP contribution is -2.40. The molecule has 2 aromatic carbocycles. The van der Waals surface area contributed by atoms with Gasteiger partial charge in [-0.3, -0.25) is 15.0 Å². The Balaban J connectivity index is 1.98. The zero-order valence-corrected chi connectivity index (χ0v) is 14.0. The van der Waals surface area contributed by atoms with Crippen LogP contribution in [0, 0.1) is 11.2 Å². The number of ether oxygens (including phenoxy) is 1. The number of ketones is 1. The van der Waals surface area contributed by atoms with Gasteiger partial charge in [0.05, 0.1) is 6.04 Å². The summed E-state index contributed by atoms with van der Waals surface area (Å²) in [5.41, 5.74) is 0.953. The van der Waals surface area contributed by atoms with Crippen molar-refractivity contribution in [3.63, 3.8) is 0 Å². The minimum absolute atomic E-state index is 0.182. The molecule has 25 heavy (non-hydrogen) atoms. The molecule has 130 valence electrons. The predicted molar refractivity (Wildman–Crippen MR) is 92.3 cm³/mol. The molecule has 0 aromatic heterocycles. The molecular formula is C19H19FN2O3. The summed E-state index contributed by atoms with van der Waals surface area (Å²) < 4.78 is 18.7. The summed E-state index contributed by atoms with van der Waals surface area (Å²) in [6.45, 7) is 3.07. The van der Waals surface area contributed by atoms with Crippen LogP contribution < -0.4 is 10.1 Å². The van der Waals surface area contributed by atoms with Crippen LogP contribution in [0.1, 0.15) is 25.0 Å². The Bertz CT molecular complexity index is 788. The summed E-state index contributed by atoms with van der Waals surface area (Å²) in [5, 5.41) is 10.4. The number of benzene rings is 2. The van der Waals surface area contributed by atoms with Crippen LogP contribution in [0.15, 0.2) is 48.5 Å². The summed E-state index contributed by atoms with van der Waals surface area (Å²) in [7, 11) is 0. The normalized spacial score (nSPS) is 11.5. The van der Waals surface area contributed by atoms with E-state index in [1.54, 1.807) is 36.4 Å². The van der Waals surface area contributed by atoms with E-state index in [2.05, 4.69) is 5.32 Å². The van der Waals surface area contributed by atoms with Gasteiger partial charge in [0.15, 0.2) is 0 Å². The zero-order chi connectivity index (χ0) is 18.4. The standard InChI is InChI=1S/C19H19FN2O3/c1-12(22-13(2)23)19(24)18(21)15-6-8-17(9-7-15)25-11-14-4-3-5-16(20)10-14/h3-10,12,21H,11H2,1-2H3,(H,22,23)/t12-/m0/s1. The van der Waals surface area contributed by atoms with Gasteiger partial charge in [-0.15, -0.1) is 0 Å². The van der Waals surface area contributed by atoms with Crippen molar-refractivity contribution in [2.24, 2.45) is 0 Å². The first kappa shape index (κ1) is 18.3. The van der Waals surface area contributed by atoms with Crippen LogP contribution in [0.3, 0.4) is 0 Å². The molecule has 0 saturated carbocycles. The fraction of sp³-hybridized carbons (Fsp3) is 0.211. The number of rotatable bonds is 7. The number of hydrogen-bond acceptors (Lipinski definition) is 4. The van der Waals surface area contributed by atoms with Gasteiger partial charge in [-0.25, -0.2) is 4.39 Å². The van der Waals surface area contributed by atoms with Crippen molar-refractivity contribution in [1.29, 1.82) is 5.41 Å². The highest BCUT2D eigenvalue weighted by Crippen LogP contribution is 2.15. The SMILES string of the molecule is CC(=O)N[C@@H](C)C(=O)C(=N)c1ccc(OCc2cccc(F)c2)cc1. The molecule has 0 spiro atoms. The second-order valence-electron chi connectivity index (χ2n) is 5.60. The molecule has 0 bridgehead atoms. The average Bonchev–Trinajstić information content (AvgIpc) is 2.58. The van der Waals surface area contributed by atoms with Crippen LogP contribution in [-0.4, -0.2) is 23.4 Å². The molecule has 0 unspecified atom stereocenters. The van der Waals surface area contributed by atoms with Crippen LogP contribution >= 0.6 is 0 Å². The maximum atomic E-state index is 13.1. The van der Waals surface area contributed by atoms with E-state index in [-0.39, 0.29) is 24.0 Å². The molecule has 2 aromatic rings. The van der Waals surface area contributed by atoms with Gasteiger partial charge in [0, 0.05) is 12.5 Å². The summed E-state index contributed by atoms with van der Waals surface area (Å²) in [6.07, 6.45) is 0. The smallest absolute Gasteiger partial charge is 0.217 e. The molecule has 0 aliphatic rings. The summed E-state index contributed by atoms with van der Waals surface area (Å²) in [4.78, 5) is 23.1. The highest BCUT2D eigenvalue weighted by atomic mass is 19.1. The average molecular weight is 342 g/mol. The zero-order valence-electron chi connectivity index (χ0n) is 14.0. The van der Waals surface area contributed by atoms with Crippen molar-refractivity contribution >= 4 is 17.4 Å². The van der Waals surface area contributed by atoms with Gasteiger partial charge < -0.3 is 10.1 Å². The van der Waals surface area contributed by atoms with Crippen molar-refractivity contribution < 1.29 is 18.7 Å². The van der Waals surface area contributed by atoms with Gasteiger partial charge in [-0.2, -0.15) is 0 Å². The molecule has 2 rings (SSSR count). The first-order valence-electron chi connectivity index (χ1n) is 7.74. The quantitative estimate of drug-likeness (QED) is 0.760. The third-order valence-corrected chi connectivity index (χ3v) is 3.50. The first-order chi connectivity index (χ1) is 11.9. The van der Waals surface area contributed by atoms with E-state index >= 15 is 0 Å². The van der Waals surface area contributed by atoms with Crippen LogP contribution in [-0.2, 0) is 16.2 Å². The molecule has 0 saturated heterocycles. The molecule has 0 aliphatic carbocycles. The van der Waals surface area contributed by atoms with Gasteiger partial charge in [0.25, 0.3) is 0 Å². The van der Waals surface area contributed by atoms with E-state index in [0.29, 0.717) is 16.9 Å². The number of nitrogens with one attached hydrogen (secondary N) is 2. The fourth-order valence-electron chi connectivity index (χ4n) is 2.24. The number of halogens is 1. The first-order valence-corrected chi connectivity index (χ1v) is 7.74. The minimum atomic E-state index is -0.756. The highest BCUT2D eigenvalue weighted by Gasteiger charge is 2.19. The Hall–Kier alpha value is -3.02. The van der Waals surface area contributed by atoms with Crippen LogP contribution in [0.4, 0.5) is 4.39 Å². The van der Waals surface area contributed by atoms with Gasteiger partial charge in [0.1, 0.15) is 23.9 Å². The summed E-state index contributed by atoms with van der Waals surface area (Å²) in [6, 6.07) is 11.8. The molecule has 6 heteroatoms. The molecular weight excluding hydrogens is 323 g/mol.